The van der Waals surface area contributed by atoms with Crippen molar-refractivity contribution in [3.8, 4) is 0 Å². The molecule has 0 aliphatic carbocycles. The van der Waals surface area contributed by atoms with E-state index in [0.29, 0.717) is 0 Å². The summed E-state index contributed by atoms with van der Waals surface area (Å²) in [5.74, 6) is 0. The summed E-state index contributed by atoms with van der Waals surface area (Å²) in [6.07, 6.45) is 0. The van der Waals surface area contributed by atoms with Gasteiger partial charge in [-0.3, -0.25) is 0 Å². The van der Waals surface area contributed by atoms with Gasteiger partial charge >= 0.3 is 0 Å². The van der Waals surface area contributed by atoms with Crippen LogP contribution < -0.4 is 4.72 Å². The SMILES string of the molecule is Cc1ccc(S(=O)(=O)NCC(C)(O)CO)cc1. The average molecular weight is 259 g/mol. The van der Waals surface area contributed by atoms with Crippen LogP contribution in [0, 0.1) is 6.92 Å². The predicted octanol–water partition coefficient (Wildman–Crippen LogP) is 0.0166. The number of hydrogen-bond acceptors (Lipinski definition) is 4. The molecule has 0 aliphatic rings. The minimum atomic E-state index is -3.64. The van der Waals surface area contributed by atoms with E-state index >= 15 is 0 Å². The maximum atomic E-state index is 11.8. The van der Waals surface area contributed by atoms with E-state index in [1.54, 1.807) is 12.1 Å². The molecule has 0 radical (unpaired) electrons. The minimum Gasteiger partial charge on any atom is -0.393 e. The molecule has 1 atom stereocenters. The van der Waals surface area contributed by atoms with Crippen LogP contribution in [0.25, 0.3) is 0 Å². The van der Waals surface area contributed by atoms with E-state index in [0.717, 1.165) is 5.56 Å². The van der Waals surface area contributed by atoms with E-state index in [2.05, 4.69) is 4.72 Å². The Bertz CT molecular complexity index is 465. The first kappa shape index (κ1) is 14.1. The van der Waals surface area contributed by atoms with Crippen molar-refractivity contribution in [2.45, 2.75) is 24.3 Å². The quantitative estimate of drug-likeness (QED) is 0.695. The molecule has 0 aromatic heterocycles. The van der Waals surface area contributed by atoms with Gasteiger partial charge in [-0.25, -0.2) is 13.1 Å². The molecule has 3 N–H and O–H groups in total. The molecule has 1 aromatic carbocycles. The molecule has 0 aliphatic heterocycles. The Morgan fingerprint density at radius 1 is 1.29 bits per heavy atom. The van der Waals surface area contributed by atoms with Gasteiger partial charge in [-0.2, -0.15) is 0 Å². The van der Waals surface area contributed by atoms with Crippen LogP contribution in [0.3, 0.4) is 0 Å². The number of aliphatic hydroxyl groups is 2. The fourth-order valence-electron chi connectivity index (χ4n) is 1.11. The first-order valence-corrected chi connectivity index (χ1v) is 6.65. The lowest BCUT2D eigenvalue weighted by molar-refractivity contribution is 0.00681. The van der Waals surface area contributed by atoms with Gasteiger partial charge in [0.05, 0.1) is 17.1 Å². The van der Waals surface area contributed by atoms with Crippen LogP contribution in [0.1, 0.15) is 12.5 Å². The number of aliphatic hydroxyl groups excluding tert-OH is 1. The van der Waals surface area contributed by atoms with Crippen LogP contribution in [0.2, 0.25) is 0 Å². The van der Waals surface area contributed by atoms with Gasteiger partial charge in [0.15, 0.2) is 0 Å². The van der Waals surface area contributed by atoms with Crippen molar-refractivity contribution in [3.05, 3.63) is 29.8 Å². The predicted molar refractivity (Wildman–Crippen MR) is 64.1 cm³/mol. The molecule has 1 aromatic rings. The molecule has 1 rings (SSSR count). The van der Waals surface area contributed by atoms with Gasteiger partial charge < -0.3 is 10.2 Å². The molecule has 0 bridgehead atoms. The van der Waals surface area contributed by atoms with Crippen LogP contribution in [0.5, 0.6) is 0 Å². The average Bonchev–Trinajstić information content (AvgIpc) is 2.27. The van der Waals surface area contributed by atoms with Crippen molar-refractivity contribution in [1.82, 2.24) is 4.72 Å². The third-order valence-corrected chi connectivity index (χ3v) is 3.73. The van der Waals surface area contributed by atoms with Crippen molar-refractivity contribution in [2.24, 2.45) is 0 Å². The molecule has 6 heteroatoms. The highest BCUT2D eigenvalue weighted by Crippen LogP contribution is 2.10. The van der Waals surface area contributed by atoms with Gasteiger partial charge in [-0.05, 0) is 26.0 Å². The molecule has 0 amide bonds. The Morgan fingerprint density at radius 2 is 1.82 bits per heavy atom. The second kappa shape index (κ2) is 5.14. The highest BCUT2D eigenvalue weighted by Gasteiger charge is 2.23. The fourth-order valence-corrected chi connectivity index (χ4v) is 2.27. The van der Waals surface area contributed by atoms with Gasteiger partial charge in [0.2, 0.25) is 10.0 Å². The summed E-state index contributed by atoms with van der Waals surface area (Å²) in [5.41, 5.74) is -0.496. The summed E-state index contributed by atoms with van der Waals surface area (Å²) in [6, 6.07) is 6.37. The molecule has 1 unspecified atom stereocenters. The maximum Gasteiger partial charge on any atom is 0.240 e. The van der Waals surface area contributed by atoms with Crippen LogP contribution in [-0.2, 0) is 10.0 Å². The lowest BCUT2D eigenvalue weighted by atomic mass is 10.1. The maximum absolute atomic E-state index is 11.8. The molecule has 96 valence electrons. The van der Waals surface area contributed by atoms with Crippen LogP contribution >= 0.6 is 0 Å². The normalized spacial score (nSPS) is 15.5. The van der Waals surface area contributed by atoms with E-state index in [1.807, 2.05) is 6.92 Å². The van der Waals surface area contributed by atoms with Crippen molar-refractivity contribution >= 4 is 10.0 Å². The molecule has 0 heterocycles. The summed E-state index contributed by atoms with van der Waals surface area (Å²) in [4.78, 5) is 0.136. The molecule has 0 saturated carbocycles. The third kappa shape index (κ3) is 4.08. The molecular formula is C11H17NO4S. The molecule has 0 fully saturated rings. The zero-order valence-corrected chi connectivity index (χ0v) is 10.7. The zero-order chi connectivity index (χ0) is 13.1. The summed E-state index contributed by atoms with van der Waals surface area (Å²) < 4.78 is 25.9. The number of rotatable bonds is 5. The van der Waals surface area contributed by atoms with E-state index in [1.165, 1.54) is 19.1 Å². The lowest BCUT2D eigenvalue weighted by Crippen LogP contribution is -2.43. The number of nitrogens with one attached hydrogen (secondary N) is 1. The number of aryl methyl sites for hydroxylation is 1. The van der Waals surface area contributed by atoms with Crippen molar-refractivity contribution < 1.29 is 18.6 Å². The highest BCUT2D eigenvalue weighted by atomic mass is 32.2. The van der Waals surface area contributed by atoms with Crippen molar-refractivity contribution in [3.63, 3.8) is 0 Å². The molecule has 0 spiro atoms. The lowest BCUT2D eigenvalue weighted by Gasteiger charge is -2.20. The van der Waals surface area contributed by atoms with Gasteiger partial charge in [0, 0.05) is 6.54 Å². The van der Waals surface area contributed by atoms with E-state index in [4.69, 9.17) is 5.11 Å². The topological polar surface area (TPSA) is 86.6 Å². The first-order chi connectivity index (χ1) is 7.77. The zero-order valence-electron chi connectivity index (χ0n) is 9.84. The molecule has 17 heavy (non-hydrogen) atoms. The summed E-state index contributed by atoms with van der Waals surface area (Å²) in [5, 5.41) is 18.3. The Labute approximate surface area is 101 Å². The second-order valence-corrected chi connectivity index (χ2v) is 6.06. The number of benzene rings is 1. The Morgan fingerprint density at radius 3 is 2.29 bits per heavy atom. The second-order valence-electron chi connectivity index (χ2n) is 4.29. The van der Waals surface area contributed by atoms with Gasteiger partial charge in [0.1, 0.15) is 0 Å². The highest BCUT2D eigenvalue weighted by molar-refractivity contribution is 7.89. The fraction of sp³-hybridized carbons (Fsp3) is 0.455. The number of sulfonamides is 1. The van der Waals surface area contributed by atoms with Gasteiger partial charge in [0.25, 0.3) is 0 Å². The largest absolute Gasteiger partial charge is 0.393 e. The van der Waals surface area contributed by atoms with Gasteiger partial charge in [-0.15, -0.1) is 0 Å². The summed E-state index contributed by atoms with van der Waals surface area (Å²) in [7, 11) is -3.64. The molecule has 0 saturated heterocycles. The minimum absolute atomic E-state index is 0.136. The van der Waals surface area contributed by atoms with E-state index in [9.17, 15) is 13.5 Å². The standard InChI is InChI=1S/C11H17NO4S/c1-9-3-5-10(6-4-9)17(15,16)12-7-11(2,14)8-13/h3-6,12-14H,7-8H2,1-2H3. The van der Waals surface area contributed by atoms with Crippen LogP contribution in [-0.4, -0.2) is 37.4 Å². The Balaban J connectivity index is 2.79. The van der Waals surface area contributed by atoms with E-state index < -0.39 is 22.2 Å². The van der Waals surface area contributed by atoms with Gasteiger partial charge in [-0.1, -0.05) is 17.7 Å². The number of hydrogen-bond donors (Lipinski definition) is 3. The summed E-state index contributed by atoms with van der Waals surface area (Å²) >= 11 is 0. The Kier molecular flexibility index (Phi) is 4.26. The summed E-state index contributed by atoms with van der Waals surface area (Å²) in [6.45, 7) is 2.47. The Hall–Kier alpha value is -0.950. The smallest absolute Gasteiger partial charge is 0.240 e. The third-order valence-electron chi connectivity index (χ3n) is 2.31. The van der Waals surface area contributed by atoms with E-state index in [-0.39, 0.29) is 11.4 Å². The molecule has 5 nitrogen and oxygen atoms in total. The van der Waals surface area contributed by atoms with Crippen molar-refractivity contribution in [2.75, 3.05) is 13.2 Å². The van der Waals surface area contributed by atoms with Crippen molar-refractivity contribution in [1.29, 1.82) is 0 Å². The monoisotopic (exact) mass is 259 g/mol. The first-order valence-electron chi connectivity index (χ1n) is 5.16. The van der Waals surface area contributed by atoms with Crippen LogP contribution in [0.15, 0.2) is 29.2 Å². The molecular weight excluding hydrogens is 242 g/mol. The van der Waals surface area contributed by atoms with Crippen LogP contribution in [0.4, 0.5) is 0 Å².